The highest BCUT2D eigenvalue weighted by Crippen LogP contribution is 2.30. The Balaban J connectivity index is 1.99. The van der Waals surface area contributed by atoms with Crippen LogP contribution in [0.3, 0.4) is 0 Å². The third kappa shape index (κ3) is 4.92. The second kappa shape index (κ2) is 8.95. The summed E-state index contributed by atoms with van der Waals surface area (Å²) in [5.74, 6) is 1.09. The summed E-state index contributed by atoms with van der Waals surface area (Å²) in [5, 5.41) is 10.2. The van der Waals surface area contributed by atoms with E-state index < -0.39 is 5.60 Å². The van der Waals surface area contributed by atoms with E-state index in [-0.39, 0.29) is 5.78 Å². The van der Waals surface area contributed by atoms with Crippen LogP contribution < -0.4 is 0 Å². The molecule has 2 rings (SSSR count). The van der Waals surface area contributed by atoms with Gasteiger partial charge in [0.05, 0.1) is 0 Å². The number of Topliss-reactive ketones (excluding diaryl/α,β-unsaturated/α-hetero) is 1. The molecule has 0 aromatic heterocycles. The Hall–Kier alpha value is -2.19. The van der Waals surface area contributed by atoms with Gasteiger partial charge in [0.1, 0.15) is 5.60 Å². The zero-order valence-corrected chi connectivity index (χ0v) is 16.1. The van der Waals surface area contributed by atoms with E-state index in [1.54, 1.807) is 31.2 Å². The van der Waals surface area contributed by atoms with Crippen molar-refractivity contribution in [3.63, 3.8) is 0 Å². The van der Waals surface area contributed by atoms with Gasteiger partial charge in [0.15, 0.2) is 5.78 Å². The number of aliphatic hydroxyl groups is 1. The van der Waals surface area contributed by atoms with Crippen molar-refractivity contribution in [2.75, 3.05) is 0 Å². The van der Waals surface area contributed by atoms with E-state index in [0.717, 1.165) is 18.4 Å². The molecular formula is C24H30O2. The summed E-state index contributed by atoms with van der Waals surface area (Å²) in [6.07, 6.45) is 4.00. The van der Waals surface area contributed by atoms with Crippen LogP contribution >= 0.6 is 0 Å². The molecule has 0 aliphatic carbocycles. The number of carbonyl (C=O) groups is 1. The lowest BCUT2D eigenvalue weighted by molar-refractivity contribution is 0.0969. The van der Waals surface area contributed by atoms with Crippen molar-refractivity contribution in [1.82, 2.24) is 0 Å². The second-order valence-corrected chi connectivity index (χ2v) is 7.26. The highest BCUT2D eigenvalue weighted by atomic mass is 16.3. The maximum Gasteiger partial charge on any atom is 0.162 e. The quantitative estimate of drug-likeness (QED) is 0.453. The third-order valence-electron chi connectivity index (χ3n) is 5.49. The molecule has 0 spiro atoms. The lowest BCUT2D eigenvalue weighted by Crippen LogP contribution is -2.17. The molecule has 0 fully saturated rings. The van der Waals surface area contributed by atoms with E-state index in [2.05, 4.69) is 44.7 Å². The molecule has 0 aliphatic rings. The molecule has 2 heteroatoms. The molecule has 0 saturated carbocycles. The molecule has 2 aromatic rings. The molecule has 2 nitrogen and oxygen atoms in total. The maximum atomic E-state index is 12.6. The third-order valence-corrected chi connectivity index (χ3v) is 5.49. The van der Waals surface area contributed by atoms with Crippen LogP contribution in [0.15, 0.2) is 67.3 Å². The fourth-order valence-electron chi connectivity index (χ4n) is 3.41. The van der Waals surface area contributed by atoms with Crippen LogP contribution in [-0.4, -0.2) is 10.9 Å². The molecule has 0 radical (unpaired) electrons. The monoisotopic (exact) mass is 350 g/mol. The Morgan fingerprint density at radius 3 is 2.31 bits per heavy atom. The van der Waals surface area contributed by atoms with Crippen molar-refractivity contribution in [2.24, 2.45) is 5.92 Å². The summed E-state index contributed by atoms with van der Waals surface area (Å²) in [7, 11) is 0. The number of ketones is 1. The van der Waals surface area contributed by atoms with Gasteiger partial charge in [-0.25, -0.2) is 0 Å². The summed E-state index contributed by atoms with van der Waals surface area (Å²) in [4.78, 5) is 12.6. The molecule has 26 heavy (non-hydrogen) atoms. The summed E-state index contributed by atoms with van der Waals surface area (Å²) in [5.41, 5.74) is 1.71. The van der Waals surface area contributed by atoms with Gasteiger partial charge >= 0.3 is 0 Å². The number of carbonyl (C=O) groups excluding carboxylic acids is 1. The molecule has 3 atom stereocenters. The minimum Gasteiger partial charge on any atom is -0.381 e. The summed E-state index contributed by atoms with van der Waals surface area (Å²) >= 11 is 0. The normalized spacial score (nSPS) is 15.7. The lowest BCUT2D eigenvalue weighted by Gasteiger charge is -2.23. The van der Waals surface area contributed by atoms with E-state index in [4.69, 9.17) is 0 Å². The zero-order chi connectivity index (χ0) is 19.2. The van der Waals surface area contributed by atoms with E-state index >= 15 is 0 Å². The second-order valence-electron chi connectivity index (χ2n) is 7.26. The van der Waals surface area contributed by atoms with Crippen LogP contribution in [0.2, 0.25) is 0 Å². The topological polar surface area (TPSA) is 37.3 Å². The Labute approximate surface area is 157 Å². The standard InChI is InChI=1S/C24H30O2/c1-5-19(18(3)20-10-8-7-9-11-20)14-17-23(25)21-12-15-22(16-13-21)24(4,26)6-2/h6-13,15-16,18-19,26H,2,5,14,17H2,1,3-4H3/t18-,19?,24-/m1/s1. The number of hydrogen-bond donors (Lipinski definition) is 1. The first kappa shape index (κ1) is 20.1. The molecule has 1 unspecified atom stereocenters. The van der Waals surface area contributed by atoms with Gasteiger partial charge in [0, 0.05) is 12.0 Å². The first-order chi connectivity index (χ1) is 12.4. The van der Waals surface area contributed by atoms with Crippen molar-refractivity contribution < 1.29 is 9.90 Å². The average Bonchev–Trinajstić information content (AvgIpc) is 2.68. The van der Waals surface area contributed by atoms with Crippen LogP contribution in [-0.2, 0) is 5.60 Å². The van der Waals surface area contributed by atoms with Crippen LogP contribution in [0.1, 0.15) is 67.4 Å². The summed E-state index contributed by atoms with van der Waals surface area (Å²) in [6.45, 7) is 9.78. The molecule has 2 aromatic carbocycles. The van der Waals surface area contributed by atoms with Gasteiger partial charge in [-0.05, 0) is 36.3 Å². The van der Waals surface area contributed by atoms with Crippen molar-refractivity contribution in [2.45, 2.75) is 51.6 Å². The molecule has 0 heterocycles. The Bertz CT molecular complexity index is 714. The Kier molecular flexibility index (Phi) is 6.93. The van der Waals surface area contributed by atoms with E-state index in [1.807, 2.05) is 6.07 Å². The van der Waals surface area contributed by atoms with Gasteiger partial charge < -0.3 is 5.11 Å². The Morgan fingerprint density at radius 2 is 1.77 bits per heavy atom. The minimum absolute atomic E-state index is 0.161. The van der Waals surface area contributed by atoms with Crippen molar-refractivity contribution in [1.29, 1.82) is 0 Å². The lowest BCUT2D eigenvalue weighted by atomic mass is 9.82. The van der Waals surface area contributed by atoms with E-state index in [0.29, 0.717) is 23.8 Å². The number of rotatable bonds is 9. The van der Waals surface area contributed by atoms with Crippen molar-refractivity contribution in [3.8, 4) is 0 Å². The molecular weight excluding hydrogens is 320 g/mol. The fraction of sp³-hybridized carbons (Fsp3) is 0.375. The van der Waals surface area contributed by atoms with Gasteiger partial charge in [0.25, 0.3) is 0 Å². The summed E-state index contributed by atoms with van der Waals surface area (Å²) in [6, 6.07) is 17.7. The number of hydrogen-bond acceptors (Lipinski definition) is 2. The molecule has 0 bridgehead atoms. The van der Waals surface area contributed by atoms with Crippen LogP contribution in [0.25, 0.3) is 0 Å². The first-order valence-electron chi connectivity index (χ1n) is 9.43. The van der Waals surface area contributed by atoms with E-state index in [1.165, 1.54) is 11.6 Å². The van der Waals surface area contributed by atoms with E-state index in [9.17, 15) is 9.90 Å². The van der Waals surface area contributed by atoms with Crippen LogP contribution in [0.4, 0.5) is 0 Å². The number of benzene rings is 2. The predicted molar refractivity (Wildman–Crippen MR) is 108 cm³/mol. The highest BCUT2D eigenvalue weighted by Gasteiger charge is 2.20. The SMILES string of the molecule is C=C[C@@](C)(O)c1ccc(C(=O)CCC(CC)[C@@H](C)c2ccccc2)cc1. The summed E-state index contributed by atoms with van der Waals surface area (Å²) < 4.78 is 0. The molecule has 0 amide bonds. The maximum absolute atomic E-state index is 12.6. The predicted octanol–water partition coefficient (Wildman–Crippen LogP) is 5.87. The van der Waals surface area contributed by atoms with Gasteiger partial charge in [-0.1, -0.05) is 87.5 Å². The van der Waals surface area contributed by atoms with Gasteiger partial charge in [-0.3, -0.25) is 4.79 Å². The van der Waals surface area contributed by atoms with Gasteiger partial charge in [-0.2, -0.15) is 0 Å². The molecule has 0 saturated heterocycles. The highest BCUT2D eigenvalue weighted by molar-refractivity contribution is 5.96. The average molecular weight is 351 g/mol. The largest absolute Gasteiger partial charge is 0.381 e. The smallest absolute Gasteiger partial charge is 0.162 e. The zero-order valence-electron chi connectivity index (χ0n) is 16.1. The molecule has 1 N–H and O–H groups in total. The van der Waals surface area contributed by atoms with Crippen LogP contribution in [0, 0.1) is 5.92 Å². The Morgan fingerprint density at radius 1 is 1.15 bits per heavy atom. The molecule has 0 aliphatic heterocycles. The fourth-order valence-corrected chi connectivity index (χ4v) is 3.41. The van der Waals surface area contributed by atoms with Crippen molar-refractivity contribution >= 4 is 5.78 Å². The van der Waals surface area contributed by atoms with Crippen molar-refractivity contribution in [3.05, 3.63) is 83.9 Å². The molecule has 138 valence electrons. The van der Waals surface area contributed by atoms with Gasteiger partial charge in [-0.15, -0.1) is 0 Å². The minimum atomic E-state index is -1.07. The van der Waals surface area contributed by atoms with Crippen LogP contribution in [0.5, 0.6) is 0 Å². The van der Waals surface area contributed by atoms with Gasteiger partial charge in [0.2, 0.25) is 0 Å². The first-order valence-corrected chi connectivity index (χ1v) is 9.43.